The van der Waals surface area contributed by atoms with Crippen LogP contribution in [0.5, 0.6) is 23.0 Å². The zero-order valence-corrected chi connectivity index (χ0v) is 27.4. The minimum absolute atomic E-state index is 0.118. The van der Waals surface area contributed by atoms with Crippen LogP contribution >= 0.6 is 11.6 Å². The van der Waals surface area contributed by atoms with Crippen LogP contribution in [0.1, 0.15) is 33.4 Å². The van der Waals surface area contributed by atoms with Crippen molar-refractivity contribution in [3.05, 3.63) is 130 Å². The van der Waals surface area contributed by atoms with Gasteiger partial charge in [-0.05, 0) is 77.6 Å². The van der Waals surface area contributed by atoms with Crippen molar-refractivity contribution in [1.29, 1.82) is 5.26 Å². The molecule has 1 atom stereocenters. The lowest BCUT2D eigenvalue weighted by molar-refractivity contribution is -0.139. The number of carboxylic acids is 1. The summed E-state index contributed by atoms with van der Waals surface area (Å²) in [6, 6.07) is 21.9. The Hall–Kier alpha value is -5.63. The number of halogens is 1. The molecule has 0 spiro atoms. The number of nitriles is 1. The quantitative estimate of drug-likeness (QED) is 0.139. The average Bonchev–Trinajstić information content (AvgIpc) is 3.13. The Morgan fingerprint density at radius 3 is 2.53 bits per heavy atom. The summed E-state index contributed by atoms with van der Waals surface area (Å²) in [4.78, 5) is 20.3. The smallest absolute Gasteiger partial charge is 0.321 e. The Balaban J connectivity index is 1.23. The Morgan fingerprint density at radius 1 is 0.939 bits per heavy atom. The number of carboxylic acid groups (broad SMARTS) is 1. The van der Waals surface area contributed by atoms with Gasteiger partial charge in [-0.3, -0.25) is 20.1 Å². The summed E-state index contributed by atoms with van der Waals surface area (Å²) < 4.78 is 24.0. The first-order valence-electron chi connectivity index (χ1n) is 15.6. The molecule has 11 heteroatoms. The third kappa shape index (κ3) is 8.27. The summed E-state index contributed by atoms with van der Waals surface area (Å²) in [6.07, 6.45) is 6.63. The van der Waals surface area contributed by atoms with Gasteiger partial charge in [-0.2, -0.15) is 5.26 Å². The predicted octanol–water partition coefficient (Wildman–Crippen LogP) is 6.69. The average molecular weight is 677 g/mol. The van der Waals surface area contributed by atoms with Crippen LogP contribution in [0, 0.1) is 18.3 Å². The Labute approximate surface area is 288 Å². The maximum atomic E-state index is 12.1. The van der Waals surface area contributed by atoms with E-state index in [1.54, 1.807) is 48.9 Å². The largest absolute Gasteiger partial charge is 0.488 e. The van der Waals surface area contributed by atoms with Crippen LogP contribution < -0.4 is 24.3 Å². The number of nitrogens with zero attached hydrogens (tertiary/aromatic N) is 3. The normalized spacial score (nSPS) is 12.5. The molecule has 5 aromatic rings. The van der Waals surface area contributed by atoms with E-state index in [4.69, 9.17) is 30.5 Å². The first kappa shape index (κ1) is 33.3. The van der Waals surface area contributed by atoms with Crippen molar-refractivity contribution in [1.82, 2.24) is 15.3 Å². The van der Waals surface area contributed by atoms with Crippen LogP contribution in [0.15, 0.2) is 91.5 Å². The first-order chi connectivity index (χ1) is 23.9. The van der Waals surface area contributed by atoms with Crippen molar-refractivity contribution in [3.8, 4) is 40.2 Å². The van der Waals surface area contributed by atoms with Gasteiger partial charge in [-0.1, -0.05) is 35.9 Å². The van der Waals surface area contributed by atoms with Crippen LogP contribution in [-0.2, 0) is 31.0 Å². The summed E-state index contributed by atoms with van der Waals surface area (Å²) in [6.45, 7) is 3.61. The Morgan fingerprint density at radius 2 is 1.73 bits per heavy atom. The van der Waals surface area contributed by atoms with E-state index in [1.165, 1.54) is 6.20 Å². The van der Waals surface area contributed by atoms with Crippen LogP contribution in [0.2, 0.25) is 5.02 Å². The van der Waals surface area contributed by atoms with Crippen LogP contribution in [0.4, 0.5) is 0 Å². The van der Waals surface area contributed by atoms with Gasteiger partial charge in [0.25, 0.3) is 0 Å². The predicted molar refractivity (Wildman–Crippen MR) is 183 cm³/mol. The third-order valence-electron chi connectivity index (χ3n) is 8.14. The summed E-state index contributed by atoms with van der Waals surface area (Å²) in [7, 11) is 0. The van der Waals surface area contributed by atoms with Gasteiger partial charge >= 0.3 is 5.97 Å². The van der Waals surface area contributed by atoms with Crippen molar-refractivity contribution in [2.75, 3.05) is 13.2 Å². The van der Waals surface area contributed by atoms with Crippen molar-refractivity contribution >= 4 is 17.6 Å². The fourth-order valence-corrected chi connectivity index (χ4v) is 5.74. The van der Waals surface area contributed by atoms with Crippen molar-refractivity contribution in [3.63, 3.8) is 0 Å². The van der Waals surface area contributed by atoms with Crippen LogP contribution in [0.3, 0.4) is 0 Å². The molecule has 1 aliphatic heterocycles. The number of benzene rings is 3. The highest BCUT2D eigenvalue weighted by atomic mass is 35.5. The molecule has 0 fully saturated rings. The Bertz CT molecular complexity index is 2000. The molecule has 49 heavy (non-hydrogen) atoms. The zero-order valence-electron chi connectivity index (χ0n) is 26.7. The first-order valence-corrected chi connectivity index (χ1v) is 16.0. The monoisotopic (exact) mass is 676 g/mol. The summed E-state index contributed by atoms with van der Waals surface area (Å²) in [5.74, 6) is 1.32. The van der Waals surface area contributed by atoms with E-state index < -0.39 is 12.0 Å². The van der Waals surface area contributed by atoms with Crippen molar-refractivity contribution < 1.29 is 28.8 Å². The van der Waals surface area contributed by atoms with Gasteiger partial charge < -0.3 is 24.1 Å². The van der Waals surface area contributed by atoms with E-state index in [9.17, 15) is 15.2 Å². The molecular weight excluding hydrogens is 644 g/mol. The molecule has 2 aromatic heterocycles. The number of rotatable bonds is 13. The number of hydrogen-bond acceptors (Lipinski definition) is 9. The van der Waals surface area contributed by atoms with Gasteiger partial charge in [0, 0.05) is 48.5 Å². The van der Waals surface area contributed by atoms with E-state index in [-0.39, 0.29) is 26.2 Å². The number of carbonyl (C=O) groups is 1. The van der Waals surface area contributed by atoms with Crippen molar-refractivity contribution in [2.45, 2.75) is 39.1 Å². The van der Waals surface area contributed by atoms with Crippen molar-refractivity contribution in [2.24, 2.45) is 0 Å². The lowest BCUT2D eigenvalue weighted by Crippen LogP contribution is -2.38. The molecule has 10 nitrogen and oxygen atoms in total. The van der Waals surface area contributed by atoms with Crippen LogP contribution in [-0.4, -0.2) is 40.3 Å². The van der Waals surface area contributed by atoms with Gasteiger partial charge in [0.15, 0.2) is 11.5 Å². The van der Waals surface area contributed by atoms with Gasteiger partial charge in [-0.15, -0.1) is 0 Å². The number of hydrogen-bond donors (Lipinski definition) is 2. The molecule has 1 unspecified atom stereocenters. The zero-order chi connectivity index (χ0) is 34.2. The van der Waals surface area contributed by atoms with E-state index in [0.717, 1.165) is 39.3 Å². The number of aromatic nitrogens is 2. The van der Waals surface area contributed by atoms with Gasteiger partial charge in [0.2, 0.25) is 0 Å². The summed E-state index contributed by atoms with van der Waals surface area (Å²) >= 11 is 6.76. The second-order valence-electron chi connectivity index (χ2n) is 11.4. The highest BCUT2D eigenvalue weighted by molar-refractivity contribution is 6.32. The van der Waals surface area contributed by atoms with E-state index in [1.807, 2.05) is 37.3 Å². The molecule has 0 saturated heterocycles. The third-order valence-corrected chi connectivity index (χ3v) is 8.44. The molecule has 3 heterocycles. The fraction of sp³-hybridized carbons (Fsp3) is 0.211. The molecule has 0 saturated carbocycles. The van der Waals surface area contributed by atoms with E-state index >= 15 is 0 Å². The molecule has 2 N–H and O–H groups in total. The number of nitrogens with one attached hydrogen (secondary N) is 1. The van der Waals surface area contributed by atoms with Gasteiger partial charge in [-0.25, -0.2) is 0 Å². The molecule has 6 rings (SSSR count). The second kappa shape index (κ2) is 15.5. The molecule has 3 aromatic carbocycles. The second-order valence-corrected chi connectivity index (χ2v) is 11.8. The number of pyridine rings is 2. The molecule has 0 amide bonds. The number of ether oxygens (including phenoxy) is 4. The topological polar surface area (TPSA) is 136 Å². The Kier molecular flexibility index (Phi) is 10.5. The van der Waals surface area contributed by atoms with E-state index in [0.29, 0.717) is 46.4 Å². The van der Waals surface area contributed by atoms with Gasteiger partial charge in [0.05, 0.1) is 10.6 Å². The molecule has 0 aliphatic carbocycles. The lowest BCUT2D eigenvalue weighted by atomic mass is 9.96. The maximum Gasteiger partial charge on any atom is 0.321 e. The fourth-order valence-electron chi connectivity index (χ4n) is 5.50. The molecule has 0 bridgehead atoms. The highest BCUT2D eigenvalue weighted by Gasteiger charge is 2.20. The molecule has 0 radical (unpaired) electrons. The van der Waals surface area contributed by atoms with Gasteiger partial charge in [0.1, 0.15) is 50.0 Å². The molecule has 248 valence electrons. The maximum absolute atomic E-state index is 12.1. The number of aliphatic carboxylic acids is 1. The standard InChI is InChI=1S/C38H33ClN4O6/c1-24-29(3-2-4-31(24)28-5-6-34-37(16-28)47-12-11-46-34)23-49-36-17-35(48-22-27-13-26(18-40)19-42-20-27)30(15-32(36)39)21-43-33(38(44)45)14-25-7-9-41-10-8-25/h2-10,13,15-17,19-20,33,43H,11-12,14,21-23H2,1H3,(H,44,45). The summed E-state index contributed by atoms with van der Waals surface area (Å²) in [5.41, 5.74) is 6.66. The SMILES string of the molecule is Cc1c(COc2cc(OCc3cncc(C#N)c3)c(CNC(Cc3ccncc3)C(=O)O)cc2Cl)cccc1-c1ccc2c(c1)OCCO2. The number of fused-ring (bicyclic) bond motifs is 1. The molecular formula is C38H33ClN4O6. The summed E-state index contributed by atoms with van der Waals surface area (Å²) in [5, 5.41) is 22.7. The van der Waals surface area contributed by atoms with E-state index in [2.05, 4.69) is 27.4 Å². The van der Waals surface area contributed by atoms with Crippen LogP contribution in [0.25, 0.3) is 11.1 Å². The molecule has 1 aliphatic rings. The highest BCUT2D eigenvalue weighted by Crippen LogP contribution is 2.37. The minimum Gasteiger partial charge on any atom is -0.488 e. The lowest BCUT2D eigenvalue weighted by Gasteiger charge is -2.20. The minimum atomic E-state index is -0.987.